The summed E-state index contributed by atoms with van der Waals surface area (Å²) in [5, 5.41) is 9.28. The molecule has 19 heavy (non-hydrogen) atoms. The van der Waals surface area contributed by atoms with Crippen LogP contribution in [0.25, 0.3) is 0 Å². The lowest BCUT2D eigenvalue weighted by molar-refractivity contribution is -0.154. The van der Waals surface area contributed by atoms with Crippen LogP contribution in [-0.2, 0) is 14.4 Å². The standard InChI is InChI=1S/C13H24N2O4/c1-6-13(7-2,12(18)19)8-10(16)15(5)9-11(17)14(3)4/h6-9H2,1-5H3,(H,18,19). The number of aliphatic carboxylic acids is 1. The van der Waals surface area contributed by atoms with E-state index in [0.29, 0.717) is 12.8 Å². The number of carboxylic acid groups (broad SMARTS) is 1. The molecule has 0 aliphatic rings. The first-order valence-corrected chi connectivity index (χ1v) is 6.37. The van der Waals surface area contributed by atoms with Gasteiger partial charge < -0.3 is 14.9 Å². The largest absolute Gasteiger partial charge is 0.481 e. The van der Waals surface area contributed by atoms with Crippen molar-refractivity contribution in [2.75, 3.05) is 27.7 Å². The van der Waals surface area contributed by atoms with Crippen LogP contribution in [-0.4, -0.2) is 60.4 Å². The third-order valence-corrected chi connectivity index (χ3v) is 3.59. The lowest BCUT2D eigenvalue weighted by Crippen LogP contribution is -2.41. The maximum absolute atomic E-state index is 12.0. The molecule has 0 fully saturated rings. The third-order valence-electron chi connectivity index (χ3n) is 3.59. The molecule has 0 aliphatic carbocycles. The highest BCUT2D eigenvalue weighted by Gasteiger charge is 2.38. The maximum atomic E-state index is 12.0. The highest BCUT2D eigenvalue weighted by molar-refractivity contribution is 5.88. The predicted octanol–water partition coefficient (Wildman–Crippen LogP) is 0.814. The maximum Gasteiger partial charge on any atom is 0.310 e. The Labute approximate surface area is 114 Å². The van der Waals surface area contributed by atoms with Crippen molar-refractivity contribution in [1.29, 1.82) is 0 Å². The minimum absolute atomic E-state index is 0.0328. The van der Waals surface area contributed by atoms with Gasteiger partial charge in [0, 0.05) is 27.6 Å². The fourth-order valence-corrected chi connectivity index (χ4v) is 1.73. The van der Waals surface area contributed by atoms with Gasteiger partial charge in [0.2, 0.25) is 11.8 Å². The van der Waals surface area contributed by atoms with Crippen LogP contribution in [0.1, 0.15) is 33.1 Å². The van der Waals surface area contributed by atoms with Crippen LogP contribution in [0.5, 0.6) is 0 Å². The Kier molecular flexibility index (Phi) is 6.52. The van der Waals surface area contributed by atoms with Gasteiger partial charge in [-0.3, -0.25) is 14.4 Å². The number of likely N-dealkylation sites (N-methyl/N-ethyl adjacent to an activating group) is 2. The number of hydrogen-bond acceptors (Lipinski definition) is 3. The van der Waals surface area contributed by atoms with E-state index in [9.17, 15) is 19.5 Å². The SMILES string of the molecule is CCC(CC)(CC(=O)N(C)CC(=O)N(C)C)C(=O)O. The van der Waals surface area contributed by atoms with Gasteiger partial charge in [-0.1, -0.05) is 13.8 Å². The van der Waals surface area contributed by atoms with Crippen molar-refractivity contribution >= 4 is 17.8 Å². The Balaban J connectivity index is 4.75. The first-order chi connectivity index (χ1) is 8.70. The summed E-state index contributed by atoms with van der Waals surface area (Å²) in [5.74, 6) is -1.47. The number of hydrogen-bond donors (Lipinski definition) is 1. The normalized spacial score (nSPS) is 11.0. The van der Waals surface area contributed by atoms with E-state index in [0.717, 1.165) is 0 Å². The minimum Gasteiger partial charge on any atom is -0.481 e. The van der Waals surface area contributed by atoms with Crippen LogP contribution < -0.4 is 0 Å². The van der Waals surface area contributed by atoms with Crippen LogP contribution in [0.3, 0.4) is 0 Å². The van der Waals surface area contributed by atoms with Gasteiger partial charge in [0.25, 0.3) is 0 Å². The smallest absolute Gasteiger partial charge is 0.310 e. The molecule has 0 unspecified atom stereocenters. The zero-order valence-electron chi connectivity index (χ0n) is 12.4. The summed E-state index contributed by atoms with van der Waals surface area (Å²) in [6, 6.07) is 0. The Morgan fingerprint density at radius 2 is 1.47 bits per heavy atom. The molecule has 1 N–H and O–H groups in total. The highest BCUT2D eigenvalue weighted by Crippen LogP contribution is 2.31. The topological polar surface area (TPSA) is 77.9 Å². The van der Waals surface area contributed by atoms with Crippen molar-refractivity contribution in [1.82, 2.24) is 9.80 Å². The van der Waals surface area contributed by atoms with E-state index in [2.05, 4.69) is 0 Å². The molecule has 110 valence electrons. The summed E-state index contributed by atoms with van der Waals surface area (Å²) in [4.78, 5) is 37.5. The third kappa shape index (κ3) is 4.54. The molecule has 0 aromatic carbocycles. The quantitative estimate of drug-likeness (QED) is 0.744. The molecule has 0 spiro atoms. The molecule has 0 saturated heterocycles. The van der Waals surface area contributed by atoms with Crippen LogP contribution in [0.4, 0.5) is 0 Å². The van der Waals surface area contributed by atoms with Crippen molar-refractivity contribution in [2.45, 2.75) is 33.1 Å². The van der Waals surface area contributed by atoms with Crippen molar-refractivity contribution in [2.24, 2.45) is 5.41 Å². The van der Waals surface area contributed by atoms with Gasteiger partial charge in [-0.05, 0) is 12.8 Å². The number of rotatable bonds is 7. The van der Waals surface area contributed by atoms with Crippen LogP contribution in [0, 0.1) is 5.41 Å². The molecule has 0 atom stereocenters. The highest BCUT2D eigenvalue weighted by atomic mass is 16.4. The molecule has 0 saturated carbocycles. The number of nitrogens with zero attached hydrogens (tertiary/aromatic N) is 2. The molecule has 0 aromatic rings. The Hall–Kier alpha value is -1.59. The zero-order valence-corrected chi connectivity index (χ0v) is 12.4. The molecule has 0 aromatic heterocycles. The molecule has 0 heterocycles. The second kappa shape index (κ2) is 7.11. The van der Waals surface area contributed by atoms with Crippen molar-refractivity contribution in [3.05, 3.63) is 0 Å². The average Bonchev–Trinajstić information content (AvgIpc) is 2.34. The molecule has 6 nitrogen and oxygen atoms in total. The second-order valence-electron chi connectivity index (χ2n) is 5.01. The molecule has 0 aliphatic heterocycles. The summed E-state index contributed by atoms with van der Waals surface area (Å²) in [6.07, 6.45) is 0.701. The van der Waals surface area contributed by atoms with E-state index in [1.807, 2.05) is 0 Å². The molecule has 0 rings (SSSR count). The summed E-state index contributed by atoms with van der Waals surface area (Å²) in [5.41, 5.74) is -1.04. The fraction of sp³-hybridized carbons (Fsp3) is 0.769. The van der Waals surface area contributed by atoms with Gasteiger partial charge in [-0.15, -0.1) is 0 Å². The second-order valence-corrected chi connectivity index (χ2v) is 5.01. The Morgan fingerprint density at radius 1 is 1.00 bits per heavy atom. The number of carboxylic acids is 1. The van der Waals surface area contributed by atoms with E-state index in [1.54, 1.807) is 27.9 Å². The van der Waals surface area contributed by atoms with Crippen molar-refractivity contribution in [3.8, 4) is 0 Å². The Bertz CT molecular complexity index is 349. The molecule has 6 heteroatoms. The van der Waals surface area contributed by atoms with Crippen LogP contribution in [0.15, 0.2) is 0 Å². The average molecular weight is 272 g/mol. The minimum atomic E-state index is -1.04. The van der Waals surface area contributed by atoms with Crippen molar-refractivity contribution < 1.29 is 19.5 Å². The predicted molar refractivity (Wildman–Crippen MR) is 71.6 cm³/mol. The number of carbonyl (C=O) groups excluding carboxylic acids is 2. The molecule has 0 radical (unpaired) electrons. The van der Waals surface area contributed by atoms with Gasteiger partial charge >= 0.3 is 5.97 Å². The van der Waals surface area contributed by atoms with Gasteiger partial charge in [0.15, 0.2) is 0 Å². The molecular formula is C13H24N2O4. The molecule has 2 amide bonds. The van der Waals surface area contributed by atoms with Gasteiger partial charge in [0.05, 0.1) is 12.0 Å². The first-order valence-electron chi connectivity index (χ1n) is 6.37. The molecule has 0 bridgehead atoms. The van der Waals surface area contributed by atoms with Crippen LogP contribution in [0.2, 0.25) is 0 Å². The van der Waals surface area contributed by atoms with E-state index in [4.69, 9.17) is 0 Å². The summed E-state index contributed by atoms with van der Waals surface area (Å²) in [6.45, 7) is 3.49. The number of amides is 2. The van der Waals surface area contributed by atoms with E-state index < -0.39 is 11.4 Å². The van der Waals surface area contributed by atoms with Gasteiger partial charge in [-0.2, -0.15) is 0 Å². The van der Waals surface area contributed by atoms with Gasteiger partial charge in [0.1, 0.15) is 0 Å². The number of carbonyl (C=O) groups is 3. The first kappa shape index (κ1) is 17.4. The van der Waals surface area contributed by atoms with Crippen LogP contribution >= 0.6 is 0 Å². The van der Waals surface area contributed by atoms with Gasteiger partial charge in [-0.25, -0.2) is 0 Å². The monoisotopic (exact) mass is 272 g/mol. The van der Waals surface area contributed by atoms with E-state index in [-0.39, 0.29) is 24.8 Å². The summed E-state index contributed by atoms with van der Waals surface area (Å²) in [7, 11) is 4.74. The summed E-state index contributed by atoms with van der Waals surface area (Å²) >= 11 is 0. The molecular weight excluding hydrogens is 248 g/mol. The summed E-state index contributed by atoms with van der Waals surface area (Å²) < 4.78 is 0. The fourth-order valence-electron chi connectivity index (χ4n) is 1.73. The van der Waals surface area contributed by atoms with E-state index >= 15 is 0 Å². The zero-order chi connectivity index (χ0) is 15.2. The van der Waals surface area contributed by atoms with Crippen molar-refractivity contribution in [3.63, 3.8) is 0 Å². The Morgan fingerprint density at radius 3 is 1.79 bits per heavy atom. The lowest BCUT2D eigenvalue weighted by atomic mass is 9.79. The lowest BCUT2D eigenvalue weighted by Gasteiger charge is -2.28. The van der Waals surface area contributed by atoms with E-state index in [1.165, 1.54) is 16.8 Å².